The fraction of sp³-hybridized carbons (Fsp3) is 0.316. The predicted molar refractivity (Wildman–Crippen MR) is 92.1 cm³/mol. The number of hydrogen-bond acceptors (Lipinski definition) is 5. The molecule has 0 spiro atoms. The first-order valence-corrected chi connectivity index (χ1v) is 8.29. The summed E-state index contributed by atoms with van der Waals surface area (Å²) in [6, 6.07) is 7.84. The molecule has 1 fully saturated rings. The molecule has 1 aliphatic heterocycles. The highest BCUT2D eigenvalue weighted by Gasteiger charge is 2.21. The molecule has 1 aliphatic carbocycles. The summed E-state index contributed by atoms with van der Waals surface area (Å²) in [5, 5.41) is 0. The van der Waals surface area contributed by atoms with Gasteiger partial charge in [0.05, 0.1) is 13.2 Å². The number of aromatic nitrogens is 2. The van der Waals surface area contributed by atoms with Gasteiger partial charge in [-0.15, -0.1) is 0 Å². The average Bonchev–Trinajstić information content (AvgIpc) is 2.66. The Bertz CT molecular complexity index is 777. The van der Waals surface area contributed by atoms with Crippen LogP contribution in [0, 0.1) is 0 Å². The predicted octanol–water partition coefficient (Wildman–Crippen LogP) is 2.53. The molecule has 2 aliphatic rings. The van der Waals surface area contributed by atoms with Gasteiger partial charge in [0.15, 0.2) is 5.78 Å². The van der Waals surface area contributed by atoms with Gasteiger partial charge in [0.25, 0.3) is 0 Å². The Morgan fingerprint density at radius 2 is 1.79 bits per heavy atom. The van der Waals surface area contributed by atoms with Crippen molar-refractivity contribution in [2.24, 2.45) is 0 Å². The van der Waals surface area contributed by atoms with Crippen molar-refractivity contribution in [1.82, 2.24) is 9.97 Å². The van der Waals surface area contributed by atoms with Gasteiger partial charge in [-0.1, -0.05) is 24.3 Å². The number of nitrogens with zero attached hydrogens (tertiary/aromatic N) is 3. The number of carbonyl (C=O) groups excluding carboxylic acids is 1. The molecule has 2 heterocycles. The Labute approximate surface area is 141 Å². The summed E-state index contributed by atoms with van der Waals surface area (Å²) >= 11 is 0. The molecule has 4 rings (SSSR count). The van der Waals surface area contributed by atoms with Crippen molar-refractivity contribution in [3.05, 3.63) is 58.9 Å². The van der Waals surface area contributed by atoms with Crippen molar-refractivity contribution < 1.29 is 9.53 Å². The summed E-state index contributed by atoms with van der Waals surface area (Å²) in [5.74, 6) is 0.842. The van der Waals surface area contributed by atoms with Crippen LogP contribution in [0.5, 0.6) is 0 Å². The number of ether oxygens (including phenoxy) is 1. The fourth-order valence-electron chi connectivity index (χ4n) is 3.19. The van der Waals surface area contributed by atoms with E-state index in [0.29, 0.717) is 13.2 Å². The highest BCUT2D eigenvalue weighted by atomic mass is 16.5. The minimum Gasteiger partial charge on any atom is -0.378 e. The van der Waals surface area contributed by atoms with Crippen molar-refractivity contribution in [3.8, 4) is 0 Å². The first kappa shape index (κ1) is 15.0. The smallest absolute Gasteiger partial charge is 0.225 e. The van der Waals surface area contributed by atoms with Gasteiger partial charge in [0.2, 0.25) is 5.95 Å². The molecule has 0 N–H and O–H groups in total. The number of allylic oxidation sites excluding steroid dienone is 1. The van der Waals surface area contributed by atoms with Crippen LogP contribution in [-0.2, 0) is 11.2 Å². The number of aryl methyl sites for hydroxylation is 1. The van der Waals surface area contributed by atoms with Gasteiger partial charge in [-0.05, 0) is 24.5 Å². The third kappa shape index (κ3) is 2.95. The van der Waals surface area contributed by atoms with E-state index in [4.69, 9.17) is 4.74 Å². The zero-order valence-electron chi connectivity index (χ0n) is 13.4. The van der Waals surface area contributed by atoms with Crippen LogP contribution in [0.4, 0.5) is 5.95 Å². The van der Waals surface area contributed by atoms with Crippen LogP contribution in [-0.4, -0.2) is 42.1 Å². The highest BCUT2D eigenvalue weighted by molar-refractivity contribution is 6.13. The van der Waals surface area contributed by atoms with Crippen molar-refractivity contribution in [2.45, 2.75) is 12.8 Å². The number of ketones is 1. The molecular weight excluding hydrogens is 302 g/mol. The molecular formula is C19H19N3O2. The van der Waals surface area contributed by atoms with Crippen LogP contribution in [0.15, 0.2) is 42.2 Å². The highest BCUT2D eigenvalue weighted by Crippen LogP contribution is 2.26. The molecule has 0 amide bonds. The summed E-state index contributed by atoms with van der Waals surface area (Å²) in [7, 11) is 0. The van der Waals surface area contributed by atoms with E-state index in [1.165, 1.54) is 0 Å². The molecule has 122 valence electrons. The van der Waals surface area contributed by atoms with Crippen LogP contribution in [0.3, 0.4) is 0 Å². The van der Waals surface area contributed by atoms with Gasteiger partial charge < -0.3 is 9.64 Å². The number of carbonyl (C=O) groups is 1. The van der Waals surface area contributed by atoms with Gasteiger partial charge in [-0.2, -0.15) is 0 Å². The minimum atomic E-state index is 0.120. The second kappa shape index (κ2) is 6.53. The zero-order valence-corrected chi connectivity index (χ0v) is 13.4. The fourth-order valence-corrected chi connectivity index (χ4v) is 3.19. The minimum absolute atomic E-state index is 0.120. The van der Waals surface area contributed by atoms with E-state index in [9.17, 15) is 4.79 Å². The number of morpholine rings is 1. The Balaban J connectivity index is 1.54. The third-order valence-corrected chi connectivity index (χ3v) is 4.51. The first-order chi connectivity index (χ1) is 11.8. The largest absolute Gasteiger partial charge is 0.378 e. The lowest BCUT2D eigenvalue weighted by Gasteiger charge is -2.26. The summed E-state index contributed by atoms with van der Waals surface area (Å²) in [4.78, 5) is 23.6. The maximum absolute atomic E-state index is 12.6. The monoisotopic (exact) mass is 321 g/mol. The first-order valence-electron chi connectivity index (χ1n) is 8.29. The van der Waals surface area contributed by atoms with Gasteiger partial charge in [-0.3, -0.25) is 4.79 Å². The molecule has 1 saturated heterocycles. The van der Waals surface area contributed by atoms with Crippen LogP contribution in [0.2, 0.25) is 0 Å². The van der Waals surface area contributed by atoms with E-state index < -0.39 is 0 Å². The van der Waals surface area contributed by atoms with Gasteiger partial charge in [-0.25, -0.2) is 9.97 Å². The number of rotatable bonds is 2. The molecule has 2 aromatic rings. The van der Waals surface area contributed by atoms with E-state index >= 15 is 0 Å². The lowest BCUT2D eigenvalue weighted by atomic mass is 9.86. The van der Waals surface area contributed by atoms with E-state index in [1.807, 2.05) is 30.3 Å². The number of fused-ring (bicyclic) bond motifs is 1. The Morgan fingerprint density at radius 1 is 1.04 bits per heavy atom. The molecule has 0 radical (unpaired) electrons. The SMILES string of the molecule is O=C1/C(=C\c2cnc(N3CCOCC3)nc2)CCc2ccccc21. The summed E-state index contributed by atoms with van der Waals surface area (Å²) in [5.41, 5.74) is 3.66. The van der Waals surface area contributed by atoms with Crippen molar-refractivity contribution in [2.75, 3.05) is 31.2 Å². The Hall–Kier alpha value is -2.53. The van der Waals surface area contributed by atoms with Crippen LogP contribution in [0.25, 0.3) is 6.08 Å². The number of anilines is 1. The van der Waals surface area contributed by atoms with Crippen LogP contribution < -0.4 is 4.90 Å². The van der Waals surface area contributed by atoms with Crippen LogP contribution in [0.1, 0.15) is 27.9 Å². The zero-order chi connectivity index (χ0) is 16.4. The van der Waals surface area contributed by atoms with Gasteiger partial charge >= 0.3 is 0 Å². The molecule has 5 nitrogen and oxygen atoms in total. The molecule has 0 atom stereocenters. The van der Waals surface area contributed by atoms with Gasteiger partial charge in [0.1, 0.15) is 0 Å². The molecule has 5 heteroatoms. The van der Waals surface area contributed by atoms with E-state index in [2.05, 4.69) is 14.9 Å². The van der Waals surface area contributed by atoms with Crippen molar-refractivity contribution >= 4 is 17.8 Å². The molecule has 24 heavy (non-hydrogen) atoms. The van der Waals surface area contributed by atoms with E-state index in [-0.39, 0.29) is 5.78 Å². The second-order valence-electron chi connectivity index (χ2n) is 6.07. The maximum Gasteiger partial charge on any atom is 0.225 e. The molecule has 1 aromatic heterocycles. The lowest BCUT2D eigenvalue weighted by molar-refractivity contribution is 0.102. The lowest BCUT2D eigenvalue weighted by Crippen LogP contribution is -2.37. The van der Waals surface area contributed by atoms with Crippen molar-refractivity contribution in [1.29, 1.82) is 0 Å². The average molecular weight is 321 g/mol. The number of benzene rings is 1. The van der Waals surface area contributed by atoms with Crippen molar-refractivity contribution in [3.63, 3.8) is 0 Å². The summed E-state index contributed by atoms with van der Waals surface area (Å²) in [6.45, 7) is 3.05. The topological polar surface area (TPSA) is 55.3 Å². The molecule has 1 aromatic carbocycles. The number of hydrogen-bond donors (Lipinski definition) is 0. The normalized spacial score (nSPS) is 19.4. The quantitative estimate of drug-likeness (QED) is 0.796. The van der Waals surface area contributed by atoms with E-state index in [0.717, 1.165) is 54.1 Å². The van der Waals surface area contributed by atoms with Gasteiger partial charge in [0, 0.05) is 42.2 Å². The Morgan fingerprint density at radius 3 is 2.58 bits per heavy atom. The molecule has 0 bridgehead atoms. The molecule has 0 unspecified atom stereocenters. The molecule has 0 saturated carbocycles. The maximum atomic E-state index is 12.6. The summed E-state index contributed by atoms with van der Waals surface area (Å²) in [6.07, 6.45) is 7.17. The third-order valence-electron chi connectivity index (χ3n) is 4.51. The second-order valence-corrected chi connectivity index (χ2v) is 6.07. The Kier molecular flexibility index (Phi) is 4.09. The summed E-state index contributed by atoms with van der Waals surface area (Å²) < 4.78 is 5.34. The van der Waals surface area contributed by atoms with E-state index in [1.54, 1.807) is 12.4 Å². The standard InChI is InChI=1S/C19H19N3O2/c23-18-16(6-5-15-3-1-2-4-17(15)18)11-14-12-20-19(21-13-14)22-7-9-24-10-8-22/h1-4,11-13H,5-10H2/b16-11-. The number of Topliss-reactive ketones (excluding diaryl/α,β-unsaturated/α-hetero) is 1. The van der Waals surface area contributed by atoms with Crippen LogP contribution >= 0.6 is 0 Å².